The number of carbonyl (C=O) groups excluding carboxylic acids is 1. The van der Waals surface area contributed by atoms with Crippen molar-refractivity contribution < 1.29 is 9.53 Å². The van der Waals surface area contributed by atoms with E-state index in [9.17, 15) is 4.79 Å². The van der Waals surface area contributed by atoms with Gasteiger partial charge in [0, 0.05) is 19.0 Å². The van der Waals surface area contributed by atoms with Gasteiger partial charge in [-0.1, -0.05) is 0 Å². The highest BCUT2D eigenvalue weighted by atomic mass is 32.1. The highest BCUT2D eigenvalue weighted by Gasteiger charge is 2.35. The van der Waals surface area contributed by atoms with Crippen LogP contribution >= 0.6 is 11.3 Å². The molecule has 1 aromatic rings. The predicted octanol–water partition coefficient (Wildman–Crippen LogP) is 3.31. The highest BCUT2D eigenvalue weighted by Crippen LogP contribution is 2.48. The third-order valence-electron chi connectivity index (χ3n) is 3.80. The standard InChI is InChI=1S/C15H22N2O2S/c1-9(2)19-13-11(16)14(12(18)10-5-6-10)20-15(13)17-7-3-4-8-17/h9-10H,3-8,16H2,1-2H3. The molecule has 1 aromatic heterocycles. The van der Waals surface area contributed by atoms with E-state index >= 15 is 0 Å². The SMILES string of the molecule is CC(C)Oc1c(N2CCCC2)sc(C(=O)C2CC2)c1N. The molecule has 0 spiro atoms. The van der Waals surface area contributed by atoms with Gasteiger partial charge < -0.3 is 15.4 Å². The van der Waals surface area contributed by atoms with Gasteiger partial charge in [0.1, 0.15) is 5.00 Å². The average molecular weight is 294 g/mol. The van der Waals surface area contributed by atoms with Crippen molar-refractivity contribution >= 4 is 27.8 Å². The molecule has 3 rings (SSSR count). The van der Waals surface area contributed by atoms with Crippen molar-refractivity contribution in [3.05, 3.63) is 4.88 Å². The van der Waals surface area contributed by atoms with Crippen LogP contribution in [0.15, 0.2) is 0 Å². The van der Waals surface area contributed by atoms with Crippen LogP contribution in [0, 0.1) is 5.92 Å². The van der Waals surface area contributed by atoms with Gasteiger partial charge in [-0.15, -0.1) is 11.3 Å². The second-order valence-electron chi connectivity index (χ2n) is 5.98. The molecule has 1 aliphatic carbocycles. The summed E-state index contributed by atoms with van der Waals surface area (Å²) in [7, 11) is 0. The maximum Gasteiger partial charge on any atom is 0.178 e. The van der Waals surface area contributed by atoms with Crippen LogP contribution < -0.4 is 15.4 Å². The van der Waals surface area contributed by atoms with Crippen LogP contribution in [0.3, 0.4) is 0 Å². The lowest BCUT2D eigenvalue weighted by Crippen LogP contribution is -2.18. The summed E-state index contributed by atoms with van der Waals surface area (Å²) in [5.41, 5.74) is 6.78. The molecule has 4 nitrogen and oxygen atoms in total. The van der Waals surface area contributed by atoms with Crippen molar-refractivity contribution in [1.29, 1.82) is 0 Å². The number of thiophene rings is 1. The Labute approximate surface area is 123 Å². The molecule has 0 atom stereocenters. The third-order valence-corrected chi connectivity index (χ3v) is 5.06. The Kier molecular flexibility index (Phi) is 3.63. The number of rotatable bonds is 5. The molecule has 110 valence electrons. The van der Waals surface area contributed by atoms with E-state index in [2.05, 4.69) is 4.90 Å². The Bertz CT molecular complexity index is 514. The zero-order valence-electron chi connectivity index (χ0n) is 12.1. The zero-order valence-corrected chi connectivity index (χ0v) is 13.0. The van der Waals surface area contributed by atoms with Crippen molar-refractivity contribution in [3.8, 4) is 5.75 Å². The number of anilines is 2. The van der Waals surface area contributed by atoms with Crippen LogP contribution in [0.1, 0.15) is 49.2 Å². The van der Waals surface area contributed by atoms with Gasteiger partial charge in [-0.3, -0.25) is 4.79 Å². The van der Waals surface area contributed by atoms with Crippen molar-refractivity contribution in [2.45, 2.75) is 45.6 Å². The lowest BCUT2D eigenvalue weighted by Gasteiger charge is -2.19. The molecule has 0 aromatic carbocycles. The van der Waals surface area contributed by atoms with Gasteiger partial charge in [-0.05, 0) is 39.5 Å². The minimum absolute atomic E-state index is 0.0668. The van der Waals surface area contributed by atoms with Gasteiger partial charge >= 0.3 is 0 Å². The number of nitrogen functional groups attached to an aromatic ring is 1. The van der Waals surface area contributed by atoms with E-state index in [0.29, 0.717) is 10.6 Å². The first-order valence-electron chi connectivity index (χ1n) is 7.46. The smallest absolute Gasteiger partial charge is 0.178 e. The Balaban J connectivity index is 1.97. The Morgan fingerprint density at radius 2 is 2.00 bits per heavy atom. The van der Waals surface area contributed by atoms with Gasteiger partial charge in [0.2, 0.25) is 0 Å². The van der Waals surface area contributed by atoms with Crippen molar-refractivity contribution in [2.75, 3.05) is 23.7 Å². The number of Topliss-reactive ketones (excluding diaryl/α,β-unsaturated/α-hetero) is 1. The summed E-state index contributed by atoms with van der Waals surface area (Å²) >= 11 is 1.53. The van der Waals surface area contributed by atoms with Gasteiger partial charge in [-0.2, -0.15) is 0 Å². The first kappa shape index (κ1) is 13.7. The minimum atomic E-state index is 0.0668. The largest absolute Gasteiger partial charge is 0.486 e. The maximum absolute atomic E-state index is 12.4. The molecule has 2 fully saturated rings. The van der Waals surface area contributed by atoms with Crippen LogP contribution in [-0.2, 0) is 0 Å². The molecule has 1 aliphatic heterocycles. The Morgan fingerprint density at radius 1 is 1.35 bits per heavy atom. The van der Waals surface area contributed by atoms with Crippen LogP contribution in [0.2, 0.25) is 0 Å². The van der Waals surface area contributed by atoms with E-state index in [1.54, 1.807) is 0 Å². The Hall–Kier alpha value is -1.23. The summed E-state index contributed by atoms with van der Waals surface area (Å²) in [5, 5.41) is 1.05. The van der Waals surface area contributed by atoms with Crippen molar-refractivity contribution in [1.82, 2.24) is 0 Å². The maximum atomic E-state index is 12.4. The van der Waals surface area contributed by atoms with Gasteiger partial charge in [0.05, 0.1) is 16.7 Å². The van der Waals surface area contributed by atoms with Crippen LogP contribution in [-0.4, -0.2) is 25.0 Å². The van der Waals surface area contributed by atoms with E-state index in [1.807, 2.05) is 13.8 Å². The monoisotopic (exact) mass is 294 g/mol. The predicted molar refractivity (Wildman–Crippen MR) is 83.0 cm³/mol. The second kappa shape index (κ2) is 5.28. The summed E-state index contributed by atoms with van der Waals surface area (Å²) in [5.74, 6) is 1.15. The molecular formula is C15H22N2O2S. The van der Waals surface area contributed by atoms with Gasteiger partial charge in [0.25, 0.3) is 0 Å². The summed E-state index contributed by atoms with van der Waals surface area (Å²) < 4.78 is 5.91. The molecule has 1 saturated heterocycles. The zero-order chi connectivity index (χ0) is 14.3. The molecule has 2 heterocycles. The topological polar surface area (TPSA) is 55.6 Å². The fraction of sp³-hybridized carbons (Fsp3) is 0.667. The number of ether oxygens (including phenoxy) is 1. The van der Waals surface area contributed by atoms with E-state index in [1.165, 1.54) is 24.2 Å². The summed E-state index contributed by atoms with van der Waals surface area (Å²) in [4.78, 5) is 15.4. The first-order chi connectivity index (χ1) is 9.58. The molecule has 5 heteroatoms. The number of carbonyl (C=O) groups is 1. The molecule has 2 aliphatic rings. The average Bonchev–Trinajstić information content (AvgIpc) is 3.03. The summed E-state index contributed by atoms with van der Waals surface area (Å²) in [6.45, 7) is 6.05. The molecule has 0 radical (unpaired) electrons. The summed E-state index contributed by atoms with van der Waals surface area (Å²) in [6, 6.07) is 0. The fourth-order valence-corrected chi connectivity index (χ4v) is 3.83. The Morgan fingerprint density at radius 3 is 2.55 bits per heavy atom. The van der Waals surface area contributed by atoms with E-state index in [-0.39, 0.29) is 17.8 Å². The number of nitrogens with zero attached hydrogens (tertiary/aromatic N) is 1. The quantitative estimate of drug-likeness (QED) is 0.846. The fourth-order valence-electron chi connectivity index (χ4n) is 2.61. The van der Waals surface area contributed by atoms with Gasteiger partial charge in [-0.25, -0.2) is 0 Å². The normalized spacial score (nSPS) is 18.9. The molecule has 1 saturated carbocycles. The minimum Gasteiger partial charge on any atom is -0.486 e. The van der Waals surface area contributed by atoms with Crippen LogP contribution in [0.4, 0.5) is 10.7 Å². The lowest BCUT2D eigenvalue weighted by atomic mass is 10.2. The number of nitrogens with two attached hydrogens (primary N) is 1. The van der Waals surface area contributed by atoms with E-state index in [4.69, 9.17) is 10.5 Å². The van der Waals surface area contributed by atoms with Crippen molar-refractivity contribution in [2.24, 2.45) is 5.92 Å². The number of hydrogen-bond acceptors (Lipinski definition) is 5. The molecule has 0 amide bonds. The van der Waals surface area contributed by atoms with Crippen molar-refractivity contribution in [3.63, 3.8) is 0 Å². The van der Waals surface area contributed by atoms with E-state index < -0.39 is 0 Å². The molecule has 0 bridgehead atoms. The molecular weight excluding hydrogens is 272 g/mol. The van der Waals surface area contributed by atoms with Crippen LogP contribution in [0.25, 0.3) is 0 Å². The molecule has 2 N–H and O–H groups in total. The first-order valence-corrected chi connectivity index (χ1v) is 8.27. The van der Waals surface area contributed by atoms with Crippen LogP contribution in [0.5, 0.6) is 5.75 Å². The van der Waals surface area contributed by atoms with E-state index in [0.717, 1.165) is 36.7 Å². The second-order valence-corrected chi connectivity index (χ2v) is 6.98. The lowest BCUT2D eigenvalue weighted by molar-refractivity contribution is 0.0972. The van der Waals surface area contributed by atoms with Gasteiger partial charge in [0.15, 0.2) is 11.5 Å². The molecule has 20 heavy (non-hydrogen) atoms. The third kappa shape index (κ3) is 2.51. The number of hydrogen-bond donors (Lipinski definition) is 1. The summed E-state index contributed by atoms with van der Waals surface area (Å²) in [6.07, 6.45) is 4.48. The number of ketones is 1. The highest BCUT2D eigenvalue weighted by molar-refractivity contribution is 7.19. The molecule has 0 unspecified atom stereocenters.